The number of rotatable bonds is 4. The van der Waals surface area contributed by atoms with E-state index in [1.807, 2.05) is 0 Å². The van der Waals surface area contributed by atoms with Gasteiger partial charge >= 0.3 is 5.97 Å². The van der Waals surface area contributed by atoms with Crippen LogP contribution in [0.1, 0.15) is 20.8 Å². The summed E-state index contributed by atoms with van der Waals surface area (Å²) in [6.07, 6.45) is 1.09. The van der Waals surface area contributed by atoms with Crippen LogP contribution in [-0.4, -0.2) is 16.9 Å². The van der Waals surface area contributed by atoms with Gasteiger partial charge in [-0.15, -0.1) is 0 Å². The second-order valence-electron chi connectivity index (χ2n) is 5.08. The summed E-state index contributed by atoms with van der Waals surface area (Å²) in [5.74, 6) is -1.48. The number of carbonyl (C=O) groups is 2. The number of halogens is 1. The summed E-state index contributed by atoms with van der Waals surface area (Å²) in [7, 11) is 0. The molecule has 2 N–H and O–H groups in total. The quantitative estimate of drug-likeness (QED) is 0.831. The Morgan fingerprint density at radius 1 is 1.26 bits per heavy atom. The third kappa shape index (κ3) is 4.41. The van der Waals surface area contributed by atoms with Crippen molar-refractivity contribution in [3.8, 4) is 0 Å². The Kier molecular flexibility index (Phi) is 4.72. The van der Waals surface area contributed by atoms with E-state index in [9.17, 15) is 9.59 Å². The molecule has 0 bridgehead atoms. The molecule has 0 fully saturated rings. The van der Waals surface area contributed by atoms with Gasteiger partial charge in [-0.05, 0) is 12.1 Å². The van der Waals surface area contributed by atoms with Gasteiger partial charge in [0.25, 0.3) is 0 Å². The second kappa shape index (κ2) is 5.89. The SMILES string of the molecule is CC(C)(C)C(=O)/C=C(\Nc1ccccc1Cl)C(=O)O. The predicted octanol–water partition coefficient (Wildman–Crippen LogP) is 3.34. The molecule has 102 valence electrons. The summed E-state index contributed by atoms with van der Waals surface area (Å²) >= 11 is 5.93. The molecule has 4 nitrogen and oxygen atoms in total. The molecule has 0 saturated carbocycles. The van der Waals surface area contributed by atoms with E-state index in [1.54, 1.807) is 45.0 Å². The summed E-state index contributed by atoms with van der Waals surface area (Å²) in [5.41, 5.74) is -0.393. The molecule has 0 aliphatic carbocycles. The molecule has 0 heterocycles. The number of ketones is 1. The Morgan fingerprint density at radius 2 is 1.84 bits per heavy atom. The molecule has 0 saturated heterocycles. The maximum Gasteiger partial charge on any atom is 0.352 e. The molecule has 0 unspecified atom stereocenters. The maximum absolute atomic E-state index is 11.8. The van der Waals surface area contributed by atoms with E-state index in [4.69, 9.17) is 16.7 Å². The highest BCUT2D eigenvalue weighted by atomic mass is 35.5. The highest BCUT2D eigenvalue weighted by Gasteiger charge is 2.21. The van der Waals surface area contributed by atoms with Crippen molar-refractivity contribution in [3.05, 3.63) is 41.1 Å². The lowest BCUT2D eigenvalue weighted by molar-refractivity contribution is -0.133. The van der Waals surface area contributed by atoms with Crippen LogP contribution in [0.15, 0.2) is 36.0 Å². The highest BCUT2D eigenvalue weighted by Crippen LogP contribution is 2.23. The van der Waals surface area contributed by atoms with Crippen molar-refractivity contribution in [2.45, 2.75) is 20.8 Å². The summed E-state index contributed by atoms with van der Waals surface area (Å²) in [4.78, 5) is 23.0. The molecular weight excluding hydrogens is 266 g/mol. The van der Waals surface area contributed by atoms with Gasteiger partial charge in [0, 0.05) is 11.5 Å². The zero-order valence-corrected chi connectivity index (χ0v) is 11.8. The molecule has 19 heavy (non-hydrogen) atoms. The zero-order valence-electron chi connectivity index (χ0n) is 11.0. The Balaban J connectivity index is 3.04. The van der Waals surface area contributed by atoms with Gasteiger partial charge in [-0.3, -0.25) is 4.79 Å². The number of carboxylic acids is 1. The molecule has 0 aliphatic rings. The second-order valence-corrected chi connectivity index (χ2v) is 5.49. The van der Waals surface area contributed by atoms with Gasteiger partial charge in [-0.25, -0.2) is 4.79 Å². The standard InChI is InChI=1S/C14H16ClNO3/c1-14(2,3)12(17)8-11(13(18)19)16-10-7-5-4-6-9(10)15/h4-8,16H,1-3H3,(H,18,19)/b11-8-. The first kappa shape index (κ1) is 15.2. The molecule has 0 spiro atoms. The van der Waals surface area contributed by atoms with Crippen molar-refractivity contribution in [2.75, 3.05) is 5.32 Å². The average Bonchev–Trinajstić information content (AvgIpc) is 2.29. The van der Waals surface area contributed by atoms with Gasteiger partial charge < -0.3 is 10.4 Å². The normalized spacial score (nSPS) is 12.1. The first-order valence-corrected chi connectivity index (χ1v) is 6.10. The predicted molar refractivity (Wildman–Crippen MR) is 75.3 cm³/mol. The van der Waals surface area contributed by atoms with Crippen molar-refractivity contribution in [2.24, 2.45) is 5.41 Å². The van der Waals surface area contributed by atoms with Crippen molar-refractivity contribution < 1.29 is 14.7 Å². The number of carboxylic acid groups (broad SMARTS) is 1. The molecule has 0 atom stereocenters. The van der Waals surface area contributed by atoms with Gasteiger partial charge in [-0.1, -0.05) is 44.5 Å². The molecule has 5 heteroatoms. The number of hydrogen-bond acceptors (Lipinski definition) is 3. The lowest BCUT2D eigenvalue weighted by atomic mass is 9.90. The lowest BCUT2D eigenvalue weighted by Crippen LogP contribution is -2.21. The Labute approximate surface area is 117 Å². The van der Waals surface area contributed by atoms with Crippen molar-refractivity contribution in [1.82, 2.24) is 0 Å². The van der Waals surface area contributed by atoms with Crippen LogP contribution in [-0.2, 0) is 9.59 Å². The molecule has 1 aromatic carbocycles. The van der Waals surface area contributed by atoms with Crippen LogP contribution in [0.2, 0.25) is 5.02 Å². The van der Waals surface area contributed by atoms with Gasteiger partial charge in [0.1, 0.15) is 5.70 Å². The molecule has 0 amide bonds. The summed E-state index contributed by atoms with van der Waals surface area (Å²) < 4.78 is 0. The van der Waals surface area contributed by atoms with E-state index in [0.29, 0.717) is 10.7 Å². The highest BCUT2D eigenvalue weighted by molar-refractivity contribution is 6.33. The van der Waals surface area contributed by atoms with Gasteiger partial charge in [0.05, 0.1) is 10.7 Å². The van der Waals surface area contributed by atoms with E-state index in [2.05, 4.69) is 5.32 Å². The van der Waals surface area contributed by atoms with Crippen molar-refractivity contribution in [1.29, 1.82) is 0 Å². The number of benzene rings is 1. The van der Waals surface area contributed by atoms with Crippen LogP contribution in [0.25, 0.3) is 0 Å². The van der Waals surface area contributed by atoms with Gasteiger partial charge in [-0.2, -0.15) is 0 Å². The largest absolute Gasteiger partial charge is 0.477 e. The molecule has 0 aromatic heterocycles. The fourth-order valence-corrected chi connectivity index (χ4v) is 1.39. The number of aliphatic carboxylic acids is 1. The minimum Gasteiger partial charge on any atom is -0.477 e. The van der Waals surface area contributed by atoms with E-state index < -0.39 is 11.4 Å². The molecule has 0 aliphatic heterocycles. The van der Waals surface area contributed by atoms with Crippen LogP contribution in [0.4, 0.5) is 5.69 Å². The Hall–Kier alpha value is -1.81. The number of hydrogen-bond donors (Lipinski definition) is 2. The maximum atomic E-state index is 11.8. The van der Waals surface area contributed by atoms with Gasteiger partial charge in [0.15, 0.2) is 5.78 Å². The minimum absolute atomic E-state index is 0.201. The van der Waals surface area contributed by atoms with Crippen LogP contribution in [0.5, 0.6) is 0 Å². The fraction of sp³-hybridized carbons (Fsp3) is 0.286. The zero-order chi connectivity index (χ0) is 14.6. The Morgan fingerprint density at radius 3 is 2.32 bits per heavy atom. The third-order valence-electron chi connectivity index (χ3n) is 2.39. The topological polar surface area (TPSA) is 66.4 Å². The lowest BCUT2D eigenvalue weighted by Gasteiger charge is -2.15. The number of nitrogens with one attached hydrogen (secondary N) is 1. The van der Waals surface area contributed by atoms with Crippen LogP contribution in [0, 0.1) is 5.41 Å². The summed E-state index contributed by atoms with van der Waals surface area (Å²) in [6, 6.07) is 6.73. The van der Waals surface area contributed by atoms with E-state index in [-0.39, 0.29) is 11.5 Å². The monoisotopic (exact) mass is 281 g/mol. The van der Waals surface area contributed by atoms with E-state index in [0.717, 1.165) is 6.08 Å². The van der Waals surface area contributed by atoms with Crippen LogP contribution >= 0.6 is 11.6 Å². The van der Waals surface area contributed by atoms with Crippen LogP contribution < -0.4 is 5.32 Å². The summed E-state index contributed by atoms with van der Waals surface area (Å²) in [6.45, 7) is 5.17. The van der Waals surface area contributed by atoms with Crippen molar-refractivity contribution in [3.63, 3.8) is 0 Å². The molecule has 0 radical (unpaired) electrons. The van der Waals surface area contributed by atoms with E-state index >= 15 is 0 Å². The minimum atomic E-state index is -1.21. The smallest absolute Gasteiger partial charge is 0.352 e. The Bertz CT molecular complexity index is 530. The first-order chi connectivity index (χ1) is 8.71. The van der Waals surface area contributed by atoms with E-state index in [1.165, 1.54) is 0 Å². The number of anilines is 1. The first-order valence-electron chi connectivity index (χ1n) is 5.73. The number of para-hydroxylation sites is 1. The number of carbonyl (C=O) groups excluding carboxylic acids is 1. The van der Waals surface area contributed by atoms with Crippen LogP contribution in [0.3, 0.4) is 0 Å². The summed E-state index contributed by atoms with van der Waals surface area (Å²) in [5, 5.41) is 12.2. The molecule has 1 aromatic rings. The van der Waals surface area contributed by atoms with Gasteiger partial charge in [0.2, 0.25) is 0 Å². The fourth-order valence-electron chi connectivity index (χ4n) is 1.21. The molecule has 1 rings (SSSR count). The third-order valence-corrected chi connectivity index (χ3v) is 2.72. The number of allylic oxidation sites excluding steroid dienone is 1. The molecular formula is C14H16ClNO3. The van der Waals surface area contributed by atoms with Crippen molar-refractivity contribution >= 4 is 29.0 Å². The average molecular weight is 282 g/mol.